The van der Waals surface area contributed by atoms with Gasteiger partial charge in [0.15, 0.2) is 0 Å². The molecule has 0 heterocycles. The SMILES string of the molecule is COc1ccc(CCOc2c(C)cc(CBr)cc2C)cc1. The first-order valence-corrected chi connectivity index (χ1v) is 8.18. The fourth-order valence-electron chi connectivity index (χ4n) is 2.41. The van der Waals surface area contributed by atoms with E-state index in [1.165, 1.54) is 22.3 Å². The third kappa shape index (κ3) is 4.24. The molecule has 0 spiro atoms. The van der Waals surface area contributed by atoms with Crippen LogP contribution in [0.5, 0.6) is 11.5 Å². The highest BCUT2D eigenvalue weighted by atomic mass is 79.9. The topological polar surface area (TPSA) is 18.5 Å². The summed E-state index contributed by atoms with van der Waals surface area (Å²) in [5.41, 5.74) is 4.93. The number of methoxy groups -OCH3 is 1. The molecule has 2 rings (SSSR count). The first-order chi connectivity index (χ1) is 10.1. The summed E-state index contributed by atoms with van der Waals surface area (Å²) in [4.78, 5) is 0. The number of hydrogen-bond donors (Lipinski definition) is 0. The van der Waals surface area contributed by atoms with Gasteiger partial charge < -0.3 is 9.47 Å². The largest absolute Gasteiger partial charge is 0.497 e. The molecule has 0 fully saturated rings. The predicted molar refractivity (Wildman–Crippen MR) is 90.7 cm³/mol. The second-order valence-corrected chi connectivity index (χ2v) is 5.70. The molecule has 0 radical (unpaired) electrons. The van der Waals surface area contributed by atoms with E-state index in [-0.39, 0.29) is 0 Å². The average Bonchev–Trinajstić information content (AvgIpc) is 2.50. The second-order valence-electron chi connectivity index (χ2n) is 5.14. The Morgan fingerprint density at radius 2 is 1.57 bits per heavy atom. The van der Waals surface area contributed by atoms with Crippen molar-refractivity contribution in [3.63, 3.8) is 0 Å². The van der Waals surface area contributed by atoms with Crippen molar-refractivity contribution >= 4 is 15.9 Å². The van der Waals surface area contributed by atoms with Gasteiger partial charge in [-0.25, -0.2) is 0 Å². The molecule has 112 valence electrons. The maximum absolute atomic E-state index is 5.98. The van der Waals surface area contributed by atoms with Crippen LogP contribution in [0.3, 0.4) is 0 Å². The molecule has 0 N–H and O–H groups in total. The zero-order valence-corrected chi connectivity index (χ0v) is 14.4. The van der Waals surface area contributed by atoms with E-state index in [9.17, 15) is 0 Å². The number of aryl methyl sites for hydroxylation is 2. The van der Waals surface area contributed by atoms with Crippen LogP contribution in [0, 0.1) is 13.8 Å². The van der Waals surface area contributed by atoms with Crippen molar-refractivity contribution in [2.24, 2.45) is 0 Å². The van der Waals surface area contributed by atoms with Crippen LogP contribution in [0.15, 0.2) is 36.4 Å². The number of rotatable bonds is 6. The molecule has 0 aromatic heterocycles. The molecule has 2 aromatic carbocycles. The lowest BCUT2D eigenvalue weighted by atomic mass is 10.1. The molecule has 0 aliphatic rings. The lowest BCUT2D eigenvalue weighted by Crippen LogP contribution is -2.04. The quantitative estimate of drug-likeness (QED) is 0.696. The van der Waals surface area contributed by atoms with Gasteiger partial charge in [0.05, 0.1) is 13.7 Å². The van der Waals surface area contributed by atoms with Crippen LogP contribution in [-0.4, -0.2) is 13.7 Å². The summed E-state index contributed by atoms with van der Waals surface area (Å²) >= 11 is 3.49. The molecule has 0 saturated heterocycles. The van der Waals surface area contributed by atoms with Gasteiger partial charge in [0.1, 0.15) is 11.5 Å². The molecule has 0 atom stereocenters. The van der Waals surface area contributed by atoms with Crippen molar-refractivity contribution in [3.05, 3.63) is 58.7 Å². The van der Waals surface area contributed by atoms with E-state index in [1.807, 2.05) is 12.1 Å². The number of alkyl halides is 1. The monoisotopic (exact) mass is 348 g/mol. The van der Waals surface area contributed by atoms with Crippen molar-refractivity contribution in [1.29, 1.82) is 0 Å². The van der Waals surface area contributed by atoms with Crippen LogP contribution < -0.4 is 9.47 Å². The maximum atomic E-state index is 5.98. The summed E-state index contributed by atoms with van der Waals surface area (Å²) in [5, 5.41) is 0.876. The third-order valence-electron chi connectivity index (χ3n) is 3.47. The summed E-state index contributed by atoms with van der Waals surface area (Å²) in [5.74, 6) is 1.89. The van der Waals surface area contributed by atoms with Gasteiger partial charge in [0.25, 0.3) is 0 Å². The molecule has 0 saturated carbocycles. The van der Waals surface area contributed by atoms with E-state index in [0.717, 1.165) is 23.2 Å². The Morgan fingerprint density at radius 1 is 0.952 bits per heavy atom. The number of ether oxygens (including phenoxy) is 2. The van der Waals surface area contributed by atoms with Crippen LogP contribution in [0.1, 0.15) is 22.3 Å². The zero-order chi connectivity index (χ0) is 15.2. The molecule has 2 aromatic rings. The Balaban J connectivity index is 1.96. The van der Waals surface area contributed by atoms with E-state index >= 15 is 0 Å². The highest BCUT2D eigenvalue weighted by molar-refractivity contribution is 9.08. The van der Waals surface area contributed by atoms with Gasteiger partial charge in [0.2, 0.25) is 0 Å². The minimum absolute atomic E-state index is 0.682. The van der Waals surface area contributed by atoms with Crippen LogP contribution in [0.4, 0.5) is 0 Å². The summed E-state index contributed by atoms with van der Waals surface area (Å²) < 4.78 is 11.1. The fourth-order valence-corrected chi connectivity index (χ4v) is 2.73. The van der Waals surface area contributed by atoms with Crippen molar-refractivity contribution in [3.8, 4) is 11.5 Å². The average molecular weight is 349 g/mol. The van der Waals surface area contributed by atoms with Gasteiger partial charge in [0, 0.05) is 11.8 Å². The van der Waals surface area contributed by atoms with Gasteiger partial charge in [-0.05, 0) is 48.2 Å². The first kappa shape index (κ1) is 15.9. The molecule has 0 bridgehead atoms. The standard InChI is InChI=1S/C18H21BrO2/c1-13-10-16(12-19)11-14(2)18(13)21-9-8-15-4-6-17(20-3)7-5-15/h4-7,10-11H,8-9,12H2,1-3H3. The molecule has 0 aliphatic heterocycles. The Labute approximate surface area is 135 Å². The Hall–Kier alpha value is -1.48. The van der Waals surface area contributed by atoms with Gasteiger partial charge in [-0.2, -0.15) is 0 Å². The van der Waals surface area contributed by atoms with Gasteiger partial charge >= 0.3 is 0 Å². The van der Waals surface area contributed by atoms with Crippen LogP contribution in [-0.2, 0) is 11.8 Å². The van der Waals surface area contributed by atoms with Crippen molar-refractivity contribution < 1.29 is 9.47 Å². The van der Waals surface area contributed by atoms with Gasteiger partial charge in [-0.15, -0.1) is 0 Å². The lowest BCUT2D eigenvalue weighted by molar-refractivity contribution is 0.317. The smallest absolute Gasteiger partial charge is 0.125 e. The Bertz CT molecular complexity index is 568. The fraction of sp³-hybridized carbons (Fsp3) is 0.333. The van der Waals surface area contributed by atoms with Crippen molar-refractivity contribution in [2.45, 2.75) is 25.6 Å². The number of benzene rings is 2. The molecule has 2 nitrogen and oxygen atoms in total. The van der Waals surface area contributed by atoms with E-state index in [4.69, 9.17) is 9.47 Å². The first-order valence-electron chi connectivity index (χ1n) is 7.06. The summed E-state index contributed by atoms with van der Waals surface area (Å²) in [6.45, 7) is 4.88. The molecule has 21 heavy (non-hydrogen) atoms. The highest BCUT2D eigenvalue weighted by Crippen LogP contribution is 2.26. The molecule has 3 heteroatoms. The Kier molecular flexibility index (Phi) is 5.68. The van der Waals surface area contributed by atoms with Crippen LogP contribution in [0.25, 0.3) is 0 Å². The molecule has 0 amide bonds. The third-order valence-corrected chi connectivity index (χ3v) is 4.12. The van der Waals surface area contributed by atoms with Crippen molar-refractivity contribution in [1.82, 2.24) is 0 Å². The van der Waals surface area contributed by atoms with Crippen LogP contribution >= 0.6 is 15.9 Å². The van der Waals surface area contributed by atoms with E-state index < -0.39 is 0 Å². The van der Waals surface area contributed by atoms with E-state index in [2.05, 4.69) is 54.0 Å². The van der Waals surface area contributed by atoms with Crippen LogP contribution in [0.2, 0.25) is 0 Å². The molecule has 0 unspecified atom stereocenters. The lowest BCUT2D eigenvalue weighted by Gasteiger charge is -2.13. The predicted octanol–water partition coefficient (Wildman–Crippen LogP) is 4.83. The summed E-state index contributed by atoms with van der Waals surface area (Å²) in [7, 11) is 1.68. The van der Waals surface area contributed by atoms with E-state index in [1.54, 1.807) is 7.11 Å². The minimum atomic E-state index is 0.682. The maximum Gasteiger partial charge on any atom is 0.125 e. The van der Waals surface area contributed by atoms with Gasteiger partial charge in [-0.1, -0.05) is 40.2 Å². The second kappa shape index (κ2) is 7.51. The molecular weight excluding hydrogens is 328 g/mol. The number of hydrogen-bond acceptors (Lipinski definition) is 2. The van der Waals surface area contributed by atoms with Crippen molar-refractivity contribution in [2.75, 3.05) is 13.7 Å². The van der Waals surface area contributed by atoms with E-state index in [0.29, 0.717) is 6.61 Å². The minimum Gasteiger partial charge on any atom is -0.497 e. The molecule has 0 aliphatic carbocycles. The summed E-state index contributed by atoms with van der Waals surface area (Å²) in [6, 6.07) is 12.5. The Morgan fingerprint density at radius 3 is 2.10 bits per heavy atom. The highest BCUT2D eigenvalue weighted by Gasteiger charge is 2.06. The molecular formula is C18H21BrO2. The number of halogens is 1. The summed E-state index contributed by atoms with van der Waals surface area (Å²) in [6.07, 6.45) is 0.892. The normalized spacial score (nSPS) is 10.5. The zero-order valence-electron chi connectivity index (χ0n) is 12.8. The van der Waals surface area contributed by atoms with Gasteiger partial charge in [-0.3, -0.25) is 0 Å².